The Balaban J connectivity index is 1.68. The van der Waals surface area contributed by atoms with Crippen molar-refractivity contribution >= 4 is 38.6 Å². The highest BCUT2D eigenvalue weighted by molar-refractivity contribution is 7.89. The minimum absolute atomic E-state index is 0.186. The molecule has 3 aromatic carbocycles. The van der Waals surface area contributed by atoms with E-state index in [-0.39, 0.29) is 10.8 Å². The lowest BCUT2D eigenvalue weighted by Gasteiger charge is -2.20. The van der Waals surface area contributed by atoms with Crippen molar-refractivity contribution < 1.29 is 13.2 Å². The highest BCUT2D eigenvalue weighted by Gasteiger charge is 2.28. The van der Waals surface area contributed by atoms with Crippen molar-refractivity contribution in [3.05, 3.63) is 90.0 Å². The van der Waals surface area contributed by atoms with E-state index in [9.17, 15) is 13.2 Å². The Morgan fingerprint density at radius 1 is 0.853 bits per heavy atom. The van der Waals surface area contributed by atoms with Crippen LogP contribution in [0.2, 0.25) is 0 Å². The first kappa shape index (κ1) is 23.7. The Morgan fingerprint density at radius 2 is 1.50 bits per heavy atom. The predicted molar refractivity (Wildman–Crippen MR) is 137 cm³/mol. The molecular formula is C26H28N4O3S. The van der Waals surface area contributed by atoms with Crippen molar-refractivity contribution in [1.29, 1.82) is 0 Å². The molecule has 3 aromatic rings. The first-order valence-electron chi connectivity index (χ1n) is 11.0. The Morgan fingerprint density at radius 3 is 2.18 bits per heavy atom. The van der Waals surface area contributed by atoms with Gasteiger partial charge in [0.25, 0.3) is 5.91 Å². The van der Waals surface area contributed by atoms with E-state index in [1.807, 2.05) is 73.6 Å². The number of hydrogen-bond acceptors (Lipinski definition) is 5. The Kier molecular flexibility index (Phi) is 6.83. The molecule has 1 aliphatic heterocycles. The summed E-state index contributed by atoms with van der Waals surface area (Å²) in [7, 11) is 1.80. The lowest BCUT2D eigenvalue weighted by Crippen LogP contribution is -2.33. The minimum atomic E-state index is -3.59. The number of anilines is 2. The maximum absolute atomic E-state index is 12.9. The van der Waals surface area contributed by atoms with Gasteiger partial charge in [-0.2, -0.15) is 4.31 Å². The second-order valence-electron chi connectivity index (χ2n) is 8.39. The molecule has 176 valence electrons. The number of likely N-dealkylation sites (N-methyl/N-ethyl adjacent to an activating group) is 2. The molecule has 8 heteroatoms. The molecule has 0 saturated heterocycles. The monoisotopic (exact) mass is 476 g/mol. The number of carbonyl (C=O) groups is 1. The third-order valence-corrected chi connectivity index (χ3v) is 7.55. The smallest absolute Gasteiger partial charge is 0.258 e. The number of nitrogens with zero attached hydrogens (tertiary/aromatic N) is 2. The van der Waals surface area contributed by atoms with Gasteiger partial charge in [0.15, 0.2) is 0 Å². The second kappa shape index (κ2) is 9.80. The van der Waals surface area contributed by atoms with E-state index in [1.165, 1.54) is 4.31 Å². The molecule has 0 unspecified atom stereocenters. The summed E-state index contributed by atoms with van der Waals surface area (Å²) in [5, 5.41) is 6.28. The average molecular weight is 477 g/mol. The molecule has 1 aliphatic rings. The van der Waals surface area contributed by atoms with Gasteiger partial charge in [-0.05, 0) is 50.0 Å². The van der Waals surface area contributed by atoms with Gasteiger partial charge in [0.2, 0.25) is 10.0 Å². The highest BCUT2D eigenvalue weighted by atomic mass is 32.2. The first-order chi connectivity index (χ1) is 16.3. The van der Waals surface area contributed by atoms with Crippen LogP contribution in [0, 0.1) is 0 Å². The number of benzene rings is 3. The van der Waals surface area contributed by atoms with Crippen LogP contribution in [0.3, 0.4) is 0 Å². The summed E-state index contributed by atoms with van der Waals surface area (Å²) in [6.45, 7) is 1.03. The van der Waals surface area contributed by atoms with Gasteiger partial charge in [0.05, 0.1) is 16.2 Å². The quantitative estimate of drug-likeness (QED) is 0.484. The molecule has 34 heavy (non-hydrogen) atoms. The lowest BCUT2D eigenvalue weighted by molar-refractivity contribution is -0.110. The Hall–Kier alpha value is -3.46. The molecule has 0 bridgehead atoms. The zero-order chi connectivity index (χ0) is 24.3. The fourth-order valence-corrected chi connectivity index (χ4v) is 4.91. The number of rotatable bonds is 8. The molecule has 0 spiro atoms. The van der Waals surface area contributed by atoms with Gasteiger partial charge >= 0.3 is 0 Å². The van der Waals surface area contributed by atoms with Crippen molar-refractivity contribution in [3.8, 4) is 0 Å². The molecule has 2 N–H and O–H groups in total. The van der Waals surface area contributed by atoms with Gasteiger partial charge < -0.3 is 15.5 Å². The fourth-order valence-electron chi connectivity index (χ4n) is 3.74. The number of fused-ring (bicyclic) bond motifs is 1. The number of carbonyl (C=O) groups excluding carboxylic acids is 1. The van der Waals surface area contributed by atoms with Gasteiger partial charge in [-0.15, -0.1) is 0 Å². The van der Waals surface area contributed by atoms with E-state index in [2.05, 4.69) is 10.6 Å². The zero-order valence-corrected chi connectivity index (χ0v) is 20.3. The summed E-state index contributed by atoms with van der Waals surface area (Å²) >= 11 is 0. The summed E-state index contributed by atoms with van der Waals surface area (Å²) in [6, 6.07) is 23.8. The van der Waals surface area contributed by atoms with Crippen LogP contribution in [0.4, 0.5) is 11.4 Å². The van der Waals surface area contributed by atoms with Crippen molar-refractivity contribution in [1.82, 2.24) is 9.21 Å². The van der Waals surface area contributed by atoms with E-state index >= 15 is 0 Å². The number of sulfonamides is 1. The fraction of sp³-hybridized carbons (Fsp3) is 0.192. The number of para-hydroxylation sites is 1. The summed E-state index contributed by atoms with van der Waals surface area (Å²) in [6.07, 6.45) is 0. The molecule has 0 atom stereocenters. The molecule has 1 heterocycles. The largest absolute Gasteiger partial charge is 0.354 e. The third-order valence-electron chi connectivity index (χ3n) is 5.68. The van der Waals surface area contributed by atoms with Gasteiger partial charge in [-0.1, -0.05) is 48.5 Å². The SMILES string of the molecule is CN(C)CCN(C)S(=O)(=O)c1ccc(NC(=C2C(=O)Nc3ccccc32)c2ccccc2)cc1. The van der Waals surface area contributed by atoms with Crippen LogP contribution in [0.5, 0.6) is 0 Å². The standard InChI is InChI=1S/C26H28N4O3S/c1-29(2)17-18-30(3)34(32,33)21-15-13-20(14-16-21)27-25(19-9-5-4-6-10-19)24-22-11-7-8-12-23(22)28-26(24)31/h4-16,27H,17-18H2,1-3H3,(H,28,31). The van der Waals surface area contributed by atoms with Crippen LogP contribution in [0.1, 0.15) is 11.1 Å². The van der Waals surface area contributed by atoms with Gasteiger partial charge in [-0.3, -0.25) is 4.79 Å². The molecule has 7 nitrogen and oxygen atoms in total. The molecule has 0 saturated carbocycles. The third kappa shape index (κ3) is 4.89. The maximum atomic E-state index is 12.9. The van der Waals surface area contributed by atoms with Gasteiger partial charge in [-0.25, -0.2) is 8.42 Å². The number of amides is 1. The van der Waals surface area contributed by atoms with Crippen molar-refractivity contribution in [2.45, 2.75) is 4.90 Å². The number of hydrogen-bond donors (Lipinski definition) is 2. The summed E-state index contributed by atoms with van der Waals surface area (Å²) in [5.74, 6) is -0.186. The topological polar surface area (TPSA) is 81.8 Å². The highest BCUT2D eigenvalue weighted by Crippen LogP contribution is 2.37. The van der Waals surface area contributed by atoms with Crippen molar-refractivity contribution in [2.24, 2.45) is 0 Å². The zero-order valence-electron chi connectivity index (χ0n) is 19.4. The summed E-state index contributed by atoms with van der Waals surface area (Å²) in [5.41, 5.74) is 4.31. The molecule has 4 rings (SSSR count). The molecule has 0 radical (unpaired) electrons. The average Bonchev–Trinajstić information content (AvgIpc) is 3.17. The summed E-state index contributed by atoms with van der Waals surface area (Å²) < 4.78 is 27.2. The normalized spacial score (nSPS) is 14.8. The van der Waals surface area contributed by atoms with Crippen molar-refractivity contribution in [2.75, 3.05) is 44.9 Å². The van der Waals surface area contributed by atoms with Crippen LogP contribution in [-0.4, -0.2) is 57.8 Å². The van der Waals surface area contributed by atoms with Crippen LogP contribution in [0.25, 0.3) is 11.3 Å². The van der Waals surface area contributed by atoms with Crippen molar-refractivity contribution in [3.63, 3.8) is 0 Å². The first-order valence-corrected chi connectivity index (χ1v) is 12.4. The molecule has 0 aliphatic carbocycles. The number of nitrogens with one attached hydrogen (secondary N) is 2. The maximum Gasteiger partial charge on any atom is 0.258 e. The lowest BCUT2D eigenvalue weighted by atomic mass is 10.00. The van der Waals surface area contributed by atoms with Crippen LogP contribution in [-0.2, 0) is 14.8 Å². The summed E-state index contributed by atoms with van der Waals surface area (Å²) in [4.78, 5) is 15.1. The van der Waals surface area contributed by atoms with E-state index in [0.29, 0.717) is 30.0 Å². The van der Waals surface area contributed by atoms with Crippen LogP contribution >= 0.6 is 0 Å². The van der Waals surface area contributed by atoms with E-state index in [1.54, 1.807) is 31.3 Å². The van der Waals surface area contributed by atoms with E-state index in [4.69, 9.17) is 0 Å². The molecule has 1 amide bonds. The molecule has 0 fully saturated rings. The molecule has 0 aromatic heterocycles. The van der Waals surface area contributed by atoms with Crippen LogP contribution in [0.15, 0.2) is 83.8 Å². The second-order valence-corrected chi connectivity index (χ2v) is 10.4. The minimum Gasteiger partial charge on any atom is -0.354 e. The van der Waals surface area contributed by atoms with Gasteiger partial charge in [0, 0.05) is 37.1 Å². The Bertz CT molecular complexity index is 1320. The predicted octanol–water partition coefficient (Wildman–Crippen LogP) is 3.80. The van der Waals surface area contributed by atoms with E-state index in [0.717, 1.165) is 16.8 Å². The Labute approximate surface area is 200 Å². The van der Waals surface area contributed by atoms with Gasteiger partial charge in [0.1, 0.15) is 0 Å². The van der Waals surface area contributed by atoms with Crippen LogP contribution < -0.4 is 10.6 Å². The molecular weight excluding hydrogens is 448 g/mol. The van der Waals surface area contributed by atoms with E-state index < -0.39 is 10.0 Å².